The first-order valence-corrected chi connectivity index (χ1v) is 9.49. The molecule has 0 saturated heterocycles. The molecule has 0 aliphatic rings. The number of nitrogens with one attached hydrogen (secondary N) is 3. The van der Waals surface area contributed by atoms with Crippen LogP contribution in [0.1, 0.15) is 11.1 Å². The van der Waals surface area contributed by atoms with E-state index in [9.17, 15) is 4.79 Å². The first-order valence-electron chi connectivity index (χ1n) is 7.30. The minimum Gasteiger partial charge on any atom is -0.357 e. The molecule has 0 saturated carbocycles. The molecule has 24 heavy (non-hydrogen) atoms. The van der Waals surface area contributed by atoms with Crippen LogP contribution in [0.15, 0.2) is 57.9 Å². The molecule has 0 atom stereocenters. The SMILES string of the molecule is Cc1cc(Br)ccc1SCC(=O)NNC(=S)NCc1ccccc1. The van der Waals surface area contributed by atoms with Gasteiger partial charge in [-0.25, -0.2) is 0 Å². The molecule has 1 amide bonds. The number of rotatable bonds is 5. The predicted octanol–water partition coefficient (Wildman–Crippen LogP) is 3.55. The number of aryl methyl sites for hydroxylation is 1. The molecular formula is C17H18BrN3OS2. The summed E-state index contributed by atoms with van der Waals surface area (Å²) in [6, 6.07) is 15.9. The number of thioether (sulfide) groups is 1. The molecular weight excluding hydrogens is 406 g/mol. The number of hydrogen-bond acceptors (Lipinski definition) is 3. The van der Waals surface area contributed by atoms with Crippen LogP contribution in [0.2, 0.25) is 0 Å². The summed E-state index contributed by atoms with van der Waals surface area (Å²) in [4.78, 5) is 13.0. The molecule has 7 heteroatoms. The highest BCUT2D eigenvalue weighted by Gasteiger charge is 2.06. The molecule has 0 radical (unpaired) electrons. The van der Waals surface area contributed by atoms with E-state index in [0.29, 0.717) is 17.4 Å². The summed E-state index contributed by atoms with van der Waals surface area (Å²) >= 11 is 10.1. The Morgan fingerprint density at radius 1 is 1.17 bits per heavy atom. The first kappa shape index (κ1) is 18.8. The average molecular weight is 424 g/mol. The number of thiocarbonyl (C=S) groups is 1. The van der Waals surface area contributed by atoms with Crippen molar-refractivity contribution < 1.29 is 4.79 Å². The van der Waals surface area contributed by atoms with Gasteiger partial charge in [0.15, 0.2) is 5.11 Å². The van der Waals surface area contributed by atoms with E-state index < -0.39 is 0 Å². The van der Waals surface area contributed by atoms with Crippen molar-refractivity contribution in [1.82, 2.24) is 16.2 Å². The van der Waals surface area contributed by atoms with Gasteiger partial charge in [-0.3, -0.25) is 15.6 Å². The number of hydrogen-bond donors (Lipinski definition) is 3. The van der Waals surface area contributed by atoms with E-state index in [1.165, 1.54) is 11.8 Å². The molecule has 2 aromatic carbocycles. The van der Waals surface area contributed by atoms with Gasteiger partial charge in [-0.2, -0.15) is 0 Å². The molecule has 0 aromatic heterocycles. The number of carbonyl (C=O) groups excluding carboxylic acids is 1. The molecule has 0 bridgehead atoms. The van der Waals surface area contributed by atoms with Crippen molar-refractivity contribution in [2.75, 3.05) is 5.75 Å². The van der Waals surface area contributed by atoms with Crippen LogP contribution >= 0.6 is 39.9 Å². The zero-order valence-electron chi connectivity index (χ0n) is 13.1. The Morgan fingerprint density at radius 2 is 1.92 bits per heavy atom. The summed E-state index contributed by atoms with van der Waals surface area (Å²) in [7, 11) is 0. The van der Waals surface area contributed by atoms with Gasteiger partial charge in [0.1, 0.15) is 0 Å². The fraction of sp³-hybridized carbons (Fsp3) is 0.176. The normalized spacial score (nSPS) is 10.1. The molecule has 0 unspecified atom stereocenters. The van der Waals surface area contributed by atoms with E-state index in [1.807, 2.05) is 55.5 Å². The van der Waals surface area contributed by atoms with Gasteiger partial charge in [-0.1, -0.05) is 46.3 Å². The minimum absolute atomic E-state index is 0.133. The zero-order chi connectivity index (χ0) is 17.4. The third-order valence-electron chi connectivity index (χ3n) is 3.11. The van der Waals surface area contributed by atoms with Crippen molar-refractivity contribution in [1.29, 1.82) is 0 Å². The van der Waals surface area contributed by atoms with Crippen molar-refractivity contribution in [3.05, 3.63) is 64.1 Å². The Labute approximate surface area is 159 Å². The maximum Gasteiger partial charge on any atom is 0.248 e. The summed E-state index contributed by atoms with van der Waals surface area (Å²) in [6.07, 6.45) is 0. The van der Waals surface area contributed by atoms with Crippen molar-refractivity contribution in [3.63, 3.8) is 0 Å². The quantitative estimate of drug-likeness (QED) is 0.390. The molecule has 2 aromatic rings. The van der Waals surface area contributed by atoms with Gasteiger partial charge in [0.05, 0.1) is 5.75 Å². The molecule has 0 heterocycles. The van der Waals surface area contributed by atoms with Crippen LogP contribution in [0.3, 0.4) is 0 Å². The van der Waals surface area contributed by atoms with Gasteiger partial charge in [-0.15, -0.1) is 11.8 Å². The molecule has 126 valence electrons. The molecule has 0 aliphatic heterocycles. The largest absolute Gasteiger partial charge is 0.357 e. The van der Waals surface area contributed by atoms with Gasteiger partial charge in [0, 0.05) is 15.9 Å². The number of benzene rings is 2. The Morgan fingerprint density at radius 3 is 2.62 bits per heavy atom. The molecule has 3 N–H and O–H groups in total. The second-order valence-electron chi connectivity index (χ2n) is 5.04. The van der Waals surface area contributed by atoms with Crippen molar-refractivity contribution in [2.45, 2.75) is 18.4 Å². The van der Waals surface area contributed by atoms with Crippen molar-refractivity contribution in [3.8, 4) is 0 Å². The number of halogens is 1. The van der Waals surface area contributed by atoms with Gasteiger partial charge < -0.3 is 5.32 Å². The van der Waals surface area contributed by atoms with Crippen LogP contribution in [0.5, 0.6) is 0 Å². The van der Waals surface area contributed by atoms with Crippen LogP contribution in [0, 0.1) is 6.92 Å². The van der Waals surface area contributed by atoms with E-state index in [4.69, 9.17) is 12.2 Å². The number of hydrazine groups is 1. The predicted molar refractivity (Wildman–Crippen MR) is 107 cm³/mol. The highest BCUT2D eigenvalue weighted by Crippen LogP contribution is 2.24. The average Bonchev–Trinajstić information content (AvgIpc) is 2.58. The van der Waals surface area contributed by atoms with E-state index >= 15 is 0 Å². The molecule has 0 spiro atoms. The Balaban J connectivity index is 1.68. The maximum atomic E-state index is 11.9. The lowest BCUT2D eigenvalue weighted by molar-refractivity contribution is -0.119. The Bertz CT molecular complexity index is 710. The fourth-order valence-corrected chi connectivity index (χ4v) is 3.31. The Hall–Kier alpha value is -1.57. The fourth-order valence-electron chi connectivity index (χ4n) is 1.90. The van der Waals surface area contributed by atoms with Gasteiger partial charge in [0.25, 0.3) is 0 Å². The second-order valence-corrected chi connectivity index (χ2v) is 7.38. The third-order valence-corrected chi connectivity index (χ3v) is 5.02. The highest BCUT2D eigenvalue weighted by atomic mass is 79.9. The van der Waals surface area contributed by atoms with Gasteiger partial charge >= 0.3 is 0 Å². The second kappa shape index (κ2) is 9.66. The van der Waals surface area contributed by atoms with Crippen molar-refractivity contribution >= 4 is 50.9 Å². The van der Waals surface area contributed by atoms with E-state index in [-0.39, 0.29) is 5.91 Å². The first-order chi connectivity index (χ1) is 11.5. The maximum absolute atomic E-state index is 11.9. The van der Waals surface area contributed by atoms with Crippen LogP contribution in [0.25, 0.3) is 0 Å². The minimum atomic E-state index is -0.133. The van der Waals surface area contributed by atoms with Gasteiger partial charge in [-0.05, 0) is 48.5 Å². The number of carbonyl (C=O) groups is 1. The lowest BCUT2D eigenvalue weighted by Crippen LogP contribution is -2.47. The van der Waals surface area contributed by atoms with Crippen LogP contribution in [-0.4, -0.2) is 16.8 Å². The Kier molecular flexibility index (Phi) is 7.55. The molecule has 2 rings (SSSR count). The van der Waals surface area contributed by atoms with E-state index in [0.717, 1.165) is 20.5 Å². The summed E-state index contributed by atoms with van der Waals surface area (Å²) in [5.41, 5.74) is 7.56. The molecule has 4 nitrogen and oxygen atoms in total. The summed E-state index contributed by atoms with van der Waals surface area (Å²) in [5.74, 6) is 0.183. The van der Waals surface area contributed by atoms with Crippen LogP contribution in [-0.2, 0) is 11.3 Å². The van der Waals surface area contributed by atoms with E-state index in [1.54, 1.807) is 0 Å². The lowest BCUT2D eigenvalue weighted by Gasteiger charge is -2.12. The van der Waals surface area contributed by atoms with Crippen molar-refractivity contribution in [2.24, 2.45) is 0 Å². The standard InChI is InChI=1S/C17H18BrN3OS2/c1-12-9-14(18)7-8-15(12)24-11-16(22)20-21-17(23)19-10-13-5-3-2-4-6-13/h2-9H,10-11H2,1H3,(H,20,22)(H2,19,21,23). The molecule has 0 fully saturated rings. The zero-order valence-corrected chi connectivity index (χ0v) is 16.4. The van der Waals surface area contributed by atoms with Gasteiger partial charge in [0.2, 0.25) is 5.91 Å². The summed E-state index contributed by atoms with van der Waals surface area (Å²) in [6.45, 7) is 2.63. The third kappa shape index (κ3) is 6.51. The number of amides is 1. The van der Waals surface area contributed by atoms with Crippen LogP contribution < -0.4 is 16.2 Å². The summed E-state index contributed by atoms with van der Waals surface area (Å²) in [5, 5.41) is 3.42. The monoisotopic (exact) mass is 423 g/mol. The smallest absolute Gasteiger partial charge is 0.248 e. The highest BCUT2D eigenvalue weighted by molar-refractivity contribution is 9.10. The van der Waals surface area contributed by atoms with E-state index in [2.05, 4.69) is 32.1 Å². The van der Waals surface area contributed by atoms with Crippen LogP contribution in [0.4, 0.5) is 0 Å². The topological polar surface area (TPSA) is 53.2 Å². The molecule has 0 aliphatic carbocycles. The summed E-state index contributed by atoms with van der Waals surface area (Å²) < 4.78 is 1.03. The lowest BCUT2D eigenvalue weighted by atomic mass is 10.2.